The van der Waals surface area contributed by atoms with Gasteiger partial charge in [0.05, 0.1) is 33.6 Å². The van der Waals surface area contributed by atoms with Crippen molar-refractivity contribution < 1.29 is 34.2 Å². The first-order chi connectivity index (χ1) is 36.0. The molecule has 0 radical (unpaired) electrons. The number of anilines is 3. The summed E-state index contributed by atoms with van der Waals surface area (Å²) in [5.41, 5.74) is 13.0. The maximum atomic E-state index is 14.1. The number of rotatable bonds is 22. The van der Waals surface area contributed by atoms with E-state index in [0.29, 0.717) is 56.0 Å². The van der Waals surface area contributed by atoms with Crippen LogP contribution in [0.15, 0.2) is 90.4 Å². The molecule has 3 aromatic carbocycles. The monoisotopic (exact) mass is 1040 g/mol. The number of thiazole rings is 1. The van der Waals surface area contributed by atoms with Crippen molar-refractivity contribution in [3.05, 3.63) is 102 Å². The highest BCUT2D eigenvalue weighted by Crippen LogP contribution is 2.34. The standard InChI is InChI=1S/C56H73N11O7S/c1-37-50(75-36-60-37)39-25-23-38(24-26-39)33-59-53(72)45-31-41(68)34-67(45)55(74)51(56(2,3)4)61-48(70)21-13-8-6-7-9-14-22-49(71)64(5)28-27-58-54(73)46-35-65(29-30-66(46)40-17-11-10-12-18-40)44-32-43(62-63-52(44)57)42-19-15-16-20-47(42)69/h10-12,15-20,23-26,32,36,41,45-46,51,68-69H,6-9,13-14,21-22,27-31,33-35H2,1-5H3,(H2,57,63)(H,58,73)(H,59,72)(H,61,70). The number of carbonyl (C=O) groups is 5. The predicted molar refractivity (Wildman–Crippen MR) is 293 cm³/mol. The molecule has 75 heavy (non-hydrogen) atoms. The van der Waals surface area contributed by atoms with Crippen LogP contribution in [0.25, 0.3) is 21.7 Å². The summed E-state index contributed by atoms with van der Waals surface area (Å²) in [6.07, 6.45) is 4.72. The van der Waals surface area contributed by atoms with Gasteiger partial charge in [0.15, 0.2) is 5.82 Å². The van der Waals surface area contributed by atoms with Gasteiger partial charge in [0, 0.05) is 83.4 Å². The number of para-hydroxylation sites is 2. The zero-order valence-electron chi connectivity index (χ0n) is 43.8. The minimum absolute atomic E-state index is 0.000841. The number of nitrogens with zero attached hydrogens (tertiary/aromatic N) is 7. The van der Waals surface area contributed by atoms with E-state index in [9.17, 15) is 34.2 Å². The molecule has 2 aromatic heterocycles. The number of benzene rings is 3. The number of piperazine rings is 1. The van der Waals surface area contributed by atoms with E-state index in [-0.39, 0.29) is 67.7 Å². The fraction of sp³-hybridized carbons (Fsp3) is 0.464. The van der Waals surface area contributed by atoms with Crippen LogP contribution in [0.4, 0.5) is 17.2 Å². The Morgan fingerprint density at radius 2 is 1.52 bits per heavy atom. The Morgan fingerprint density at radius 3 is 2.21 bits per heavy atom. The molecule has 7 N–H and O–H groups in total. The Bertz CT molecular complexity index is 2730. The number of likely N-dealkylation sites (N-methyl/N-ethyl adjacent to an activating group) is 1. The van der Waals surface area contributed by atoms with E-state index >= 15 is 0 Å². The maximum absolute atomic E-state index is 14.1. The van der Waals surface area contributed by atoms with Crippen molar-refractivity contribution in [3.63, 3.8) is 0 Å². The number of nitrogens with one attached hydrogen (secondary N) is 3. The molecule has 19 heteroatoms. The maximum Gasteiger partial charge on any atom is 0.246 e. The summed E-state index contributed by atoms with van der Waals surface area (Å²) in [6.45, 7) is 9.90. The lowest BCUT2D eigenvalue weighted by Gasteiger charge is -2.43. The second-order valence-electron chi connectivity index (χ2n) is 20.7. The zero-order chi connectivity index (χ0) is 53.6. The molecule has 0 bridgehead atoms. The number of unbranched alkanes of at least 4 members (excludes halogenated alkanes) is 5. The SMILES string of the molecule is Cc1ncsc1-c1ccc(CNC(=O)C2CC(O)CN2C(=O)C(NC(=O)CCCCCCCCC(=O)N(C)CCNC(=O)C2CN(c3cc(-c4ccccc4O)nnc3N)CCN2c2ccccc2)C(C)(C)C)cc1. The van der Waals surface area contributed by atoms with Crippen LogP contribution in [0.1, 0.15) is 89.8 Å². The summed E-state index contributed by atoms with van der Waals surface area (Å²) in [5, 5.41) is 38.5. The van der Waals surface area contributed by atoms with Crippen molar-refractivity contribution in [3.8, 4) is 27.4 Å². The molecule has 2 aliphatic heterocycles. The van der Waals surface area contributed by atoms with Crippen molar-refractivity contribution in [2.75, 3.05) is 61.8 Å². The van der Waals surface area contributed by atoms with E-state index in [0.717, 1.165) is 59.5 Å². The number of carbonyl (C=O) groups excluding carboxylic acids is 5. The number of nitrogens with two attached hydrogens (primary N) is 1. The lowest BCUT2D eigenvalue weighted by Crippen LogP contribution is -2.60. The molecule has 0 saturated carbocycles. The minimum atomic E-state index is -0.891. The molecule has 2 aliphatic rings. The highest BCUT2D eigenvalue weighted by molar-refractivity contribution is 7.13. The molecular weight excluding hydrogens is 971 g/mol. The number of phenolic OH excluding ortho intramolecular Hbond substituents is 1. The number of nitrogen functional groups attached to an aromatic ring is 1. The first-order valence-electron chi connectivity index (χ1n) is 26.0. The number of β-amino-alcohol motifs (C(OH)–C–C–N with tert-alkyl or cyclic N) is 1. The van der Waals surface area contributed by atoms with Gasteiger partial charge in [-0.25, -0.2) is 4.98 Å². The van der Waals surface area contributed by atoms with Gasteiger partial charge in [0.25, 0.3) is 0 Å². The van der Waals surface area contributed by atoms with Gasteiger partial charge in [0.2, 0.25) is 29.5 Å². The molecule has 2 saturated heterocycles. The van der Waals surface area contributed by atoms with Gasteiger partial charge in [-0.05, 0) is 66.6 Å². The molecule has 7 rings (SSSR count). The molecule has 18 nitrogen and oxygen atoms in total. The lowest BCUT2D eigenvalue weighted by atomic mass is 9.85. The molecule has 4 heterocycles. The second kappa shape index (κ2) is 25.9. The number of aromatic hydroxyl groups is 1. The lowest BCUT2D eigenvalue weighted by molar-refractivity contribution is -0.144. The van der Waals surface area contributed by atoms with Gasteiger partial charge in [-0.1, -0.05) is 101 Å². The Balaban J connectivity index is 0.797. The van der Waals surface area contributed by atoms with E-state index in [2.05, 4.69) is 36.0 Å². The summed E-state index contributed by atoms with van der Waals surface area (Å²) in [7, 11) is 1.74. The van der Waals surface area contributed by atoms with Crippen LogP contribution >= 0.6 is 11.3 Å². The fourth-order valence-corrected chi connectivity index (χ4v) is 10.5. The number of likely N-dealkylation sites (tertiary alicyclic amines) is 1. The highest BCUT2D eigenvalue weighted by atomic mass is 32.1. The average molecular weight is 1040 g/mol. The van der Waals surface area contributed by atoms with Gasteiger partial charge in [-0.2, -0.15) is 0 Å². The molecule has 400 valence electrons. The molecule has 0 spiro atoms. The summed E-state index contributed by atoms with van der Waals surface area (Å²) in [5.74, 6) is -0.871. The minimum Gasteiger partial charge on any atom is -0.507 e. The summed E-state index contributed by atoms with van der Waals surface area (Å²) < 4.78 is 0. The predicted octanol–water partition coefficient (Wildman–Crippen LogP) is 6.06. The van der Waals surface area contributed by atoms with Crippen molar-refractivity contribution in [2.45, 2.75) is 116 Å². The number of aromatic nitrogens is 3. The van der Waals surface area contributed by atoms with Crippen LogP contribution in [-0.4, -0.2) is 135 Å². The number of phenols is 1. The third-order valence-corrected chi connectivity index (χ3v) is 15.0. The summed E-state index contributed by atoms with van der Waals surface area (Å²) >= 11 is 1.57. The van der Waals surface area contributed by atoms with Crippen LogP contribution in [0.5, 0.6) is 5.75 Å². The largest absolute Gasteiger partial charge is 0.507 e. The molecule has 4 atom stereocenters. The molecular formula is C56H73N11O7S. The van der Waals surface area contributed by atoms with E-state index in [1.807, 2.05) is 98.8 Å². The molecule has 5 aromatic rings. The van der Waals surface area contributed by atoms with Gasteiger partial charge >= 0.3 is 0 Å². The van der Waals surface area contributed by atoms with Crippen molar-refractivity contribution in [1.82, 2.24) is 40.9 Å². The van der Waals surface area contributed by atoms with Crippen LogP contribution in [0.3, 0.4) is 0 Å². The zero-order valence-corrected chi connectivity index (χ0v) is 44.7. The van der Waals surface area contributed by atoms with Crippen LogP contribution in [0, 0.1) is 12.3 Å². The highest BCUT2D eigenvalue weighted by Gasteiger charge is 2.44. The second-order valence-corrected chi connectivity index (χ2v) is 21.5. The molecule has 5 amide bonds. The van der Waals surface area contributed by atoms with Crippen molar-refractivity contribution in [1.29, 1.82) is 0 Å². The Labute approximate surface area is 444 Å². The van der Waals surface area contributed by atoms with Crippen molar-refractivity contribution in [2.24, 2.45) is 5.41 Å². The number of amides is 5. The third-order valence-electron chi connectivity index (χ3n) is 14.0. The first-order valence-corrected chi connectivity index (χ1v) is 26.9. The quantitative estimate of drug-likeness (QED) is 0.0433. The van der Waals surface area contributed by atoms with E-state index < -0.39 is 35.6 Å². The Kier molecular flexibility index (Phi) is 19.2. The van der Waals surface area contributed by atoms with Gasteiger partial charge in [0.1, 0.15) is 23.9 Å². The van der Waals surface area contributed by atoms with Crippen molar-refractivity contribution >= 4 is 58.1 Å². The van der Waals surface area contributed by atoms with Gasteiger partial charge < -0.3 is 51.5 Å². The summed E-state index contributed by atoms with van der Waals surface area (Å²) in [6, 6.07) is 24.0. The van der Waals surface area contributed by atoms with Crippen LogP contribution in [-0.2, 0) is 30.5 Å². The number of hydrogen-bond acceptors (Lipinski definition) is 14. The van der Waals surface area contributed by atoms with E-state index in [4.69, 9.17) is 5.73 Å². The molecule has 0 aliphatic carbocycles. The number of aliphatic hydroxyl groups is 1. The number of hydrogen-bond donors (Lipinski definition) is 6. The smallest absolute Gasteiger partial charge is 0.246 e. The molecule has 4 unspecified atom stereocenters. The number of aryl methyl sites for hydroxylation is 1. The molecule has 2 fully saturated rings. The van der Waals surface area contributed by atoms with Crippen LogP contribution in [0.2, 0.25) is 0 Å². The summed E-state index contributed by atoms with van der Waals surface area (Å²) in [4.78, 5) is 80.4. The van der Waals surface area contributed by atoms with Crippen LogP contribution < -0.4 is 31.5 Å². The topological polar surface area (TPSA) is 240 Å². The fourth-order valence-electron chi connectivity index (χ4n) is 9.68. The van der Waals surface area contributed by atoms with E-state index in [1.165, 1.54) is 4.90 Å². The normalized spacial score (nSPS) is 17.1. The number of aliphatic hydroxyl groups excluding tert-OH is 1. The first kappa shape index (κ1) is 55.6. The Morgan fingerprint density at radius 1 is 0.840 bits per heavy atom. The average Bonchev–Trinajstić information content (AvgIpc) is 4.02. The van der Waals surface area contributed by atoms with E-state index in [1.54, 1.807) is 47.5 Å². The van der Waals surface area contributed by atoms with Gasteiger partial charge in [-0.15, -0.1) is 21.5 Å². The Hall–Kier alpha value is -7.12. The van der Waals surface area contributed by atoms with Gasteiger partial charge in [-0.3, -0.25) is 24.0 Å². The third kappa shape index (κ3) is 14.8.